The molecule has 1 atom stereocenters. The molecule has 0 aromatic heterocycles. The van der Waals surface area contributed by atoms with E-state index in [0.717, 1.165) is 5.56 Å². The SMILES string of the molecule is O=C(NCC(Cl)c1ccccc1)C1CCC(F)(F)CC1. The number of hydrogen-bond acceptors (Lipinski definition) is 1. The smallest absolute Gasteiger partial charge is 0.248 e. The van der Waals surface area contributed by atoms with Gasteiger partial charge >= 0.3 is 0 Å². The van der Waals surface area contributed by atoms with Gasteiger partial charge in [-0.3, -0.25) is 4.79 Å². The van der Waals surface area contributed by atoms with Crippen LogP contribution in [0.5, 0.6) is 0 Å². The third-order valence-corrected chi connectivity index (χ3v) is 4.11. The van der Waals surface area contributed by atoms with Gasteiger partial charge in [-0.1, -0.05) is 30.3 Å². The van der Waals surface area contributed by atoms with E-state index in [2.05, 4.69) is 5.32 Å². The lowest BCUT2D eigenvalue weighted by atomic mass is 9.86. The molecule has 0 spiro atoms. The van der Waals surface area contributed by atoms with Crippen molar-refractivity contribution in [2.75, 3.05) is 6.54 Å². The van der Waals surface area contributed by atoms with E-state index in [9.17, 15) is 13.6 Å². The Labute approximate surface area is 122 Å². The van der Waals surface area contributed by atoms with E-state index < -0.39 is 5.92 Å². The Kier molecular flexibility index (Phi) is 4.97. The van der Waals surface area contributed by atoms with Crippen molar-refractivity contribution in [3.63, 3.8) is 0 Å². The maximum Gasteiger partial charge on any atom is 0.248 e. The Morgan fingerprint density at radius 2 is 1.90 bits per heavy atom. The predicted octanol–water partition coefficient (Wildman–Crippen LogP) is 3.91. The van der Waals surface area contributed by atoms with Gasteiger partial charge in [-0.25, -0.2) is 8.78 Å². The topological polar surface area (TPSA) is 29.1 Å². The maximum atomic E-state index is 13.0. The highest BCUT2D eigenvalue weighted by molar-refractivity contribution is 6.21. The zero-order valence-electron chi connectivity index (χ0n) is 11.1. The molecular formula is C15H18ClF2NO. The standard InChI is InChI=1S/C15H18ClF2NO/c16-13(11-4-2-1-3-5-11)10-19-14(20)12-6-8-15(17,18)9-7-12/h1-5,12-13H,6-10H2,(H,19,20). The van der Waals surface area contributed by atoms with E-state index >= 15 is 0 Å². The van der Waals surface area contributed by atoms with Crippen molar-refractivity contribution in [3.8, 4) is 0 Å². The molecule has 1 saturated carbocycles. The Balaban J connectivity index is 1.78. The van der Waals surface area contributed by atoms with Crippen LogP contribution in [-0.4, -0.2) is 18.4 Å². The van der Waals surface area contributed by atoms with Crippen LogP contribution in [-0.2, 0) is 4.79 Å². The lowest BCUT2D eigenvalue weighted by molar-refractivity contribution is -0.129. The summed E-state index contributed by atoms with van der Waals surface area (Å²) >= 11 is 6.20. The molecule has 1 unspecified atom stereocenters. The third kappa shape index (κ3) is 4.17. The van der Waals surface area contributed by atoms with Crippen LogP contribution in [0.3, 0.4) is 0 Å². The molecule has 1 amide bonds. The summed E-state index contributed by atoms with van der Waals surface area (Å²) in [5.41, 5.74) is 0.935. The molecule has 0 radical (unpaired) electrons. The van der Waals surface area contributed by atoms with Gasteiger partial charge in [0.25, 0.3) is 0 Å². The van der Waals surface area contributed by atoms with Crippen LogP contribution in [0.15, 0.2) is 30.3 Å². The molecule has 5 heteroatoms. The van der Waals surface area contributed by atoms with Crippen LogP contribution in [0.2, 0.25) is 0 Å². The molecule has 2 nitrogen and oxygen atoms in total. The van der Waals surface area contributed by atoms with Crippen molar-refractivity contribution >= 4 is 17.5 Å². The first-order chi connectivity index (χ1) is 9.48. The average molecular weight is 302 g/mol. The van der Waals surface area contributed by atoms with E-state index in [4.69, 9.17) is 11.6 Å². The average Bonchev–Trinajstić information content (AvgIpc) is 2.45. The third-order valence-electron chi connectivity index (χ3n) is 3.70. The summed E-state index contributed by atoms with van der Waals surface area (Å²) in [6.45, 7) is 0.317. The number of hydrogen-bond donors (Lipinski definition) is 1. The number of alkyl halides is 3. The molecule has 0 heterocycles. The van der Waals surface area contributed by atoms with Crippen LogP contribution in [0.1, 0.15) is 36.6 Å². The van der Waals surface area contributed by atoms with E-state index in [1.54, 1.807) is 0 Å². The van der Waals surface area contributed by atoms with Gasteiger partial charge in [0.1, 0.15) is 0 Å². The molecule has 1 aromatic carbocycles. The summed E-state index contributed by atoms with van der Waals surface area (Å²) in [6, 6.07) is 9.45. The number of rotatable bonds is 4. The number of halogens is 3. The Morgan fingerprint density at radius 1 is 1.30 bits per heavy atom. The minimum atomic E-state index is -2.60. The Morgan fingerprint density at radius 3 is 2.50 bits per heavy atom. The summed E-state index contributed by atoms with van der Waals surface area (Å²) in [4.78, 5) is 11.9. The lowest BCUT2D eigenvalue weighted by Crippen LogP contribution is -2.37. The van der Waals surface area contributed by atoms with Gasteiger partial charge < -0.3 is 5.32 Å². The van der Waals surface area contributed by atoms with Crippen LogP contribution >= 0.6 is 11.6 Å². The highest BCUT2D eigenvalue weighted by Crippen LogP contribution is 2.36. The molecule has 110 valence electrons. The van der Waals surface area contributed by atoms with Crippen LogP contribution < -0.4 is 5.32 Å². The van der Waals surface area contributed by atoms with Gasteiger partial charge in [-0.05, 0) is 18.4 Å². The molecule has 1 N–H and O–H groups in total. The van der Waals surface area contributed by atoms with Crippen molar-refractivity contribution in [1.29, 1.82) is 0 Å². The first-order valence-corrected chi connectivity index (χ1v) is 7.26. The highest BCUT2D eigenvalue weighted by Gasteiger charge is 2.37. The Hall–Kier alpha value is -1.16. The van der Waals surface area contributed by atoms with Crippen LogP contribution in [0, 0.1) is 5.92 Å². The van der Waals surface area contributed by atoms with E-state index in [0.29, 0.717) is 6.54 Å². The van der Waals surface area contributed by atoms with E-state index in [-0.39, 0.29) is 42.9 Å². The molecule has 1 aromatic rings. The van der Waals surface area contributed by atoms with Gasteiger partial charge in [-0.2, -0.15) is 0 Å². The molecule has 0 saturated heterocycles. The Bertz CT molecular complexity index is 442. The fraction of sp³-hybridized carbons (Fsp3) is 0.533. The number of carbonyl (C=O) groups excluding carboxylic acids is 1. The van der Waals surface area contributed by atoms with Gasteiger partial charge in [0.05, 0.1) is 5.38 Å². The predicted molar refractivity (Wildman–Crippen MR) is 75.0 cm³/mol. The molecule has 2 rings (SSSR count). The van der Waals surface area contributed by atoms with Gasteiger partial charge in [-0.15, -0.1) is 11.6 Å². The summed E-state index contributed by atoms with van der Waals surface area (Å²) in [6.07, 6.45) is 0.0936. The molecule has 1 aliphatic rings. The van der Waals surface area contributed by atoms with E-state index in [1.807, 2.05) is 30.3 Å². The fourth-order valence-electron chi connectivity index (χ4n) is 2.42. The van der Waals surface area contributed by atoms with Gasteiger partial charge in [0.15, 0.2) is 0 Å². The minimum absolute atomic E-state index is 0.165. The normalized spacial score (nSPS) is 20.4. The van der Waals surface area contributed by atoms with Crippen molar-refractivity contribution in [1.82, 2.24) is 5.32 Å². The van der Waals surface area contributed by atoms with Crippen molar-refractivity contribution in [2.45, 2.75) is 37.0 Å². The van der Waals surface area contributed by atoms with Crippen LogP contribution in [0.4, 0.5) is 8.78 Å². The highest BCUT2D eigenvalue weighted by atomic mass is 35.5. The molecular weight excluding hydrogens is 284 g/mol. The van der Waals surface area contributed by atoms with Gasteiger partial charge in [0, 0.05) is 25.3 Å². The van der Waals surface area contributed by atoms with Crippen molar-refractivity contribution < 1.29 is 13.6 Å². The molecule has 0 bridgehead atoms. The number of nitrogens with one attached hydrogen (secondary N) is 1. The zero-order valence-corrected chi connectivity index (χ0v) is 11.9. The molecule has 1 fully saturated rings. The first-order valence-electron chi connectivity index (χ1n) is 6.82. The van der Waals surface area contributed by atoms with Gasteiger partial charge in [0.2, 0.25) is 11.8 Å². The van der Waals surface area contributed by atoms with E-state index in [1.165, 1.54) is 0 Å². The second-order valence-corrected chi connectivity index (χ2v) is 5.78. The van der Waals surface area contributed by atoms with Crippen molar-refractivity contribution in [3.05, 3.63) is 35.9 Å². The number of amides is 1. The largest absolute Gasteiger partial charge is 0.354 e. The fourth-order valence-corrected chi connectivity index (χ4v) is 2.64. The summed E-state index contributed by atoms with van der Waals surface area (Å²) < 4.78 is 26.0. The first kappa shape index (κ1) is 15.2. The lowest BCUT2D eigenvalue weighted by Gasteiger charge is -2.27. The number of carbonyl (C=O) groups is 1. The summed E-state index contributed by atoms with van der Waals surface area (Å²) in [5.74, 6) is -3.08. The zero-order chi connectivity index (χ0) is 14.6. The maximum absolute atomic E-state index is 13.0. The summed E-state index contributed by atoms with van der Waals surface area (Å²) in [7, 11) is 0. The monoisotopic (exact) mass is 301 g/mol. The quantitative estimate of drug-likeness (QED) is 0.839. The molecule has 0 aliphatic heterocycles. The van der Waals surface area contributed by atoms with Crippen molar-refractivity contribution in [2.24, 2.45) is 5.92 Å². The minimum Gasteiger partial charge on any atom is -0.354 e. The summed E-state index contributed by atoms with van der Waals surface area (Å²) in [5, 5.41) is 2.46. The van der Waals surface area contributed by atoms with Crippen LogP contribution in [0.25, 0.3) is 0 Å². The molecule has 20 heavy (non-hydrogen) atoms. The molecule has 1 aliphatic carbocycles. The number of benzene rings is 1. The second kappa shape index (κ2) is 6.53. The second-order valence-electron chi connectivity index (χ2n) is 5.25.